The monoisotopic (exact) mass is 468 g/mol. The van der Waals surface area contributed by atoms with Gasteiger partial charge in [-0.05, 0) is 68.1 Å². The lowest BCUT2D eigenvalue weighted by molar-refractivity contribution is -0.136. The van der Waals surface area contributed by atoms with Crippen LogP contribution in [0.2, 0.25) is 5.02 Å². The van der Waals surface area contributed by atoms with Crippen molar-refractivity contribution >= 4 is 49.9 Å². The molecule has 0 saturated carbocycles. The number of nitrogens with zero attached hydrogens (tertiary/aromatic N) is 4. The fraction of sp³-hybridized carbons (Fsp3) is 0.440. The van der Waals surface area contributed by atoms with Crippen molar-refractivity contribution in [2.24, 2.45) is 5.92 Å². The van der Waals surface area contributed by atoms with Crippen molar-refractivity contribution in [3.8, 4) is 0 Å². The van der Waals surface area contributed by atoms with Gasteiger partial charge < -0.3 is 14.7 Å². The first-order valence-electron chi connectivity index (χ1n) is 11.4. The first-order chi connectivity index (χ1) is 15.5. The fourth-order valence-corrected chi connectivity index (χ4v) is 6.24. The molecule has 3 aromatic rings. The molecule has 0 radical (unpaired) electrons. The lowest BCUT2D eigenvalue weighted by atomic mass is 9.96. The number of fused-ring (bicyclic) bond motifs is 1. The van der Waals surface area contributed by atoms with E-state index in [2.05, 4.69) is 52.8 Å². The standard InChI is InChI=1S/C25H29ClN4OS/c1-17-14-18(2)23-22(15-17)32-25(27-23)30-9-3-4-19(16-30)24(31)29-12-10-28(11-13-29)21-7-5-20(26)6-8-21/h5-8,14-15,19H,3-4,9-13,16H2,1-2H3/t19-/m0/s1. The molecule has 2 saturated heterocycles. The Kier molecular flexibility index (Phi) is 5.99. The van der Waals surface area contributed by atoms with Crippen LogP contribution >= 0.6 is 22.9 Å². The van der Waals surface area contributed by atoms with Gasteiger partial charge in [-0.1, -0.05) is 29.0 Å². The van der Waals surface area contributed by atoms with Gasteiger partial charge in [0.15, 0.2) is 5.13 Å². The van der Waals surface area contributed by atoms with Gasteiger partial charge in [0.2, 0.25) is 5.91 Å². The molecule has 2 aliphatic heterocycles. The predicted molar refractivity (Wildman–Crippen MR) is 134 cm³/mol. The fourth-order valence-electron chi connectivity index (χ4n) is 4.94. The predicted octanol–water partition coefficient (Wildman–Crippen LogP) is 5.13. The molecule has 5 rings (SSSR count). The van der Waals surface area contributed by atoms with Crippen molar-refractivity contribution in [1.82, 2.24) is 9.88 Å². The van der Waals surface area contributed by atoms with Gasteiger partial charge in [0.05, 0.1) is 16.1 Å². The third-order valence-corrected chi connectivity index (χ3v) is 7.96. The highest BCUT2D eigenvalue weighted by molar-refractivity contribution is 7.22. The van der Waals surface area contributed by atoms with Crippen molar-refractivity contribution < 1.29 is 4.79 Å². The second-order valence-electron chi connectivity index (χ2n) is 9.00. The highest BCUT2D eigenvalue weighted by Crippen LogP contribution is 2.34. The van der Waals surface area contributed by atoms with Gasteiger partial charge in [0.1, 0.15) is 0 Å². The van der Waals surface area contributed by atoms with Gasteiger partial charge >= 0.3 is 0 Å². The third-order valence-electron chi connectivity index (χ3n) is 6.64. The van der Waals surface area contributed by atoms with Crippen molar-refractivity contribution in [3.63, 3.8) is 0 Å². The zero-order valence-corrected chi connectivity index (χ0v) is 20.3. The van der Waals surface area contributed by atoms with Crippen molar-refractivity contribution in [3.05, 3.63) is 52.5 Å². The van der Waals surface area contributed by atoms with E-state index in [0.29, 0.717) is 5.91 Å². The Morgan fingerprint density at radius 2 is 1.78 bits per heavy atom. The van der Waals surface area contributed by atoms with Crippen molar-refractivity contribution in [2.45, 2.75) is 26.7 Å². The number of carbonyl (C=O) groups excluding carboxylic acids is 1. The summed E-state index contributed by atoms with van der Waals surface area (Å²) in [5, 5.41) is 1.81. The van der Waals surface area contributed by atoms with Gasteiger partial charge in [-0.2, -0.15) is 0 Å². The Bertz CT molecular complexity index is 1120. The van der Waals surface area contributed by atoms with Crippen LogP contribution in [0, 0.1) is 19.8 Å². The topological polar surface area (TPSA) is 39.7 Å². The van der Waals surface area contributed by atoms with Crippen LogP contribution in [0.25, 0.3) is 10.2 Å². The number of thiazole rings is 1. The van der Waals surface area contributed by atoms with Gasteiger partial charge in [0.25, 0.3) is 0 Å². The summed E-state index contributed by atoms with van der Waals surface area (Å²) in [6, 6.07) is 12.4. The molecule has 0 unspecified atom stereocenters. The third kappa shape index (κ3) is 4.30. The van der Waals surface area contributed by atoms with Gasteiger partial charge in [-0.25, -0.2) is 4.98 Å². The molecular formula is C25H29ClN4OS. The lowest BCUT2D eigenvalue weighted by Gasteiger charge is -2.39. The number of aryl methyl sites for hydroxylation is 2. The number of carbonyl (C=O) groups is 1. The van der Waals surface area contributed by atoms with Crippen LogP contribution in [0.5, 0.6) is 0 Å². The molecule has 3 heterocycles. The molecule has 1 amide bonds. The van der Waals surface area contributed by atoms with E-state index < -0.39 is 0 Å². The SMILES string of the molecule is Cc1cc(C)c2nc(N3CCC[C@H](C(=O)N4CCN(c5ccc(Cl)cc5)CC4)C3)sc2c1. The number of piperazine rings is 1. The van der Waals surface area contributed by atoms with Crippen LogP contribution in [-0.2, 0) is 4.79 Å². The van der Waals surface area contributed by atoms with Crippen LogP contribution in [0.3, 0.4) is 0 Å². The number of hydrogen-bond acceptors (Lipinski definition) is 5. The second kappa shape index (κ2) is 8.91. The van der Waals surface area contributed by atoms with E-state index in [1.54, 1.807) is 11.3 Å². The summed E-state index contributed by atoms with van der Waals surface area (Å²) in [6.45, 7) is 9.29. The van der Waals surface area contributed by atoms with Crippen LogP contribution in [0.1, 0.15) is 24.0 Å². The van der Waals surface area contributed by atoms with E-state index in [1.165, 1.54) is 21.5 Å². The van der Waals surface area contributed by atoms with Crippen molar-refractivity contribution in [2.75, 3.05) is 49.1 Å². The van der Waals surface area contributed by atoms with E-state index in [1.807, 2.05) is 12.1 Å². The molecule has 1 atom stereocenters. The minimum absolute atomic E-state index is 0.0562. The quantitative estimate of drug-likeness (QED) is 0.534. The molecule has 0 aliphatic carbocycles. The Hall–Kier alpha value is -2.31. The normalized spacial score (nSPS) is 19.6. The van der Waals surface area contributed by atoms with Crippen LogP contribution in [-0.4, -0.2) is 55.1 Å². The number of halogens is 1. The summed E-state index contributed by atoms with van der Waals surface area (Å²) < 4.78 is 1.24. The Labute approximate surface area is 198 Å². The van der Waals surface area contributed by atoms with Crippen LogP contribution in [0.15, 0.2) is 36.4 Å². The van der Waals surface area contributed by atoms with Gasteiger partial charge in [-0.15, -0.1) is 0 Å². The Balaban J connectivity index is 1.23. The largest absolute Gasteiger partial charge is 0.368 e. The van der Waals surface area contributed by atoms with Crippen molar-refractivity contribution in [1.29, 1.82) is 0 Å². The molecule has 7 heteroatoms. The lowest BCUT2D eigenvalue weighted by Crippen LogP contribution is -2.52. The van der Waals surface area contributed by atoms with E-state index in [0.717, 1.165) is 67.8 Å². The minimum Gasteiger partial charge on any atom is -0.368 e. The minimum atomic E-state index is 0.0562. The van der Waals surface area contributed by atoms with Crippen LogP contribution < -0.4 is 9.80 Å². The van der Waals surface area contributed by atoms with Crippen LogP contribution in [0.4, 0.5) is 10.8 Å². The number of aromatic nitrogens is 1. The molecule has 0 spiro atoms. The summed E-state index contributed by atoms with van der Waals surface area (Å²) in [5.74, 6) is 0.360. The maximum Gasteiger partial charge on any atom is 0.227 e. The first kappa shape index (κ1) is 21.5. The summed E-state index contributed by atoms with van der Waals surface area (Å²) >= 11 is 7.77. The number of anilines is 2. The molecule has 5 nitrogen and oxygen atoms in total. The average Bonchev–Trinajstić information content (AvgIpc) is 3.24. The molecular weight excluding hydrogens is 440 g/mol. The Morgan fingerprint density at radius 1 is 1.03 bits per heavy atom. The smallest absolute Gasteiger partial charge is 0.227 e. The maximum atomic E-state index is 13.3. The van der Waals surface area contributed by atoms with Gasteiger partial charge in [-0.3, -0.25) is 4.79 Å². The molecule has 2 aliphatic rings. The summed E-state index contributed by atoms with van der Waals surface area (Å²) in [4.78, 5) is 25.0. The van der Waals surface area contributed by atoms with Gasteiger partial charge in [0, 0.05) is 50.0 Å². The Morgan fingerprint density at radius 3 is 2.53 bits per heavy atom. The highest BCUT2D eigenvalue weighted by Gasteiger charge is 2.32. The summed E-state index contributed by atoms with van der Waals surface area (Å²) in [5.41, 5.74) is 4.77. The maximum absolute atomic E-state index is 13.3. The molecule has 0 N–H and O–H groups in total. The van der Waals surface area contributed by atoms with E-state index in [-0.39, 0.29) is 5.92 Å². The highest BCUT2D eigenvalue weighted by atomic mass is 35.5. The molecule has 168 valence electrons. The molecule has 1 aromatic heterocycles. The number of amides is 1. The molecule has 2 fully saturated rings. The van der Waals surface area contributed by atoms with E-state index >= 15 is 0 Å². The molecule has 2 aromatic carbocycles. The zero-order valence-electron chi connectivity index (χ0n) is 18.7. The number of benzene rings is 2. The zero-order chi connectivity index (χ0) is 22.2. The van der Waals surface area contributed by atoms with E-state index in [9.17, 15) is 4.79 Å². The summed E-state index contributed by atoms with van der Waals surface area (Å²) in [7, 11) is 0. The number of rotatable bonds is 3. The summed E-state index contributed by atoms with van der Waals surface area (Å²) in [6.07, 6.45) is 2.00. The average molecular weight is 469 g/mol. The number of hydrogen-bond donors (Lipinski definition) is 0. The second-order valence-corrected chi connectivity index (χ2v) is 10.4. The number of piperidine rings is 1. The molecule has 0 bridgehead atoms. The van der Waals surface area contributed by atoms with E-state index in [4.69, 9.17) is 16.6 Å². The molecule has 32 heavy (non-hydrogen) atoms. The first-order valence-corrected chi connectivity index (χ1v) is 12.6.